The molecule has 118 valence electrons. The van der Waals surface area contributed by atoms with Crippen LogP contribution < -0.4 is 10.1 Å². The fourth-order valence-corrected chi connectivity index (χ4v) is 3.51. The van der Waals surface area contributed by atoms with E-state index in [-0.39, 0.29) is 30.4 Å². The predicted octanol–water partition coefficient (Wildman–Crippen LogP) is 0.855. The van der Waals surface area contributed by atoms with Gasteiger partial charge in [-0.25, -0.2) is 0 Å². The Bertz CT molecular complexity index is 616. The number of esters is 2. The zero-order valence-corrected chi connectivity index (χ0v) is 12.8. The largest absolute Gasteiger partial charge is 0.497 e. The van der Waals surface area contributed by atoms with Crippen molar-refractivity contribution in [2.75, 3.05) is 20.8 Å². The van der Waals surface area contributed by atoms with Crippen molar-refractivity contribution in [1.29, 1.82) is 0 Å². The van der Waals surface area contributed by atoms with Crippen molar-refractivity contribution >= 4 is 11.9 Å². The van der Waals surface area contributed by atoms with E-state index in [9.17, 15) is 9.59 Å². The van der Waals surface area contributed by atoms with E-state index in [0.29, 0.717) is 5.75 Å². The molecule has 4 atom stereocenters. The summed E-state index contributed by atoms with van der Waals surface area (Å²) in [5.41, 5.74) is 0.0568. The molecule has 1 N–H and O–H groups in total. The highest BCUT2D eigenvalue weighted by Crippen LogP contribution is 2.46. The van der Waals surface area contributed by atoms with Crippen LogP contribution in [0.3, 0.4) is 0 Å². The van der Waals surface area contributed by atoms with E-state index in [4.69, 9.17) is 14.2 Å². The molecule has 2 fully saturated rings. The normalized spacial score (nSPS) is 33.2. The maximum absolute atomic E-state index is 12.2. The van der Waals surface area contributed by atoms with Gasteiger partial charge in [-0.15, -0.1) is 0 Å². The Morgan fingerprint density at radius 3 is 2.86 bits per heavy atom. The Kier molecular flexibility index (Phi) is 3.56. The lowest BCUT2D eigenvalue weighted by molar-refractivity contribution is -0.145. The number of ether oxygens (including phenoxy) is 3. The van der Waals surface area contributed by atoms with Gasteiger partial charge in [0.2, 0.25) is 0 Å². The molecule has 0 bridgehead atoms. The molecule has 1 aromatic carbocycles. The van der Waals surface area contributed by atoms with Gasteiger partial charge in [-0.1, -0.05) is 12.1 Å². The van der Waals surface area contributed by atoms with Crippen molar-refractivity contribution in [3.05, 3.63) is 29.8 Å². The summed E-state index contributed by atoms with van der Waals surface area (Å²) in [6, 6.07) is 6.94. The van der Waals surface area contributed by atoms with E-state index in [2.05, 4.69) is 5.32 Å². The number of hydrogen-bond donors (Lipinski definition) is 1. The smallest absolute Gasteiger partial charge is 0.326 e. The highest BCUT2D eigenvalue weighted by atomic mass is 16.5. The number of nitrogens with one attached hydrogen (secondary N) is 1. The molecule has 0 saturated carbocycles. The van der Waals surface area contributed by atoms with E-state index < -0.39 is 11.6 Å². The summed E-state index contributed by atoms with van der Waals surface area (Å²) in [5.74, 6) is -0.330. The number of fused-ring (bicyclic) bond motifs is 1. The lowest BCUT2D eigenvalue weighted by Crippen LogP contribution is -2.49. The summed E-state index contributed by atoms with van der Waals surface area (Å²) in [4.78, 5) is 24.2. The van der Waals surface area contributed by atoms with Gasteiger partial charge in [0, 0.05) is 11.8 Å². The molecule has 6 nitrogen and oxygen atoms in total. The molecule has 22 heavy (non-hydrogen) atoms. The van der Waals surface area contributed by atoms with Crippen molar-refractivity contribution in [3.8, 4) is 5.75 Å². The van der Waals surface area contributed by atoms with Crippen molar-refractivity contribution in [2.24, 2.45) is 5.92 Å². The van der Waals surface area contributed by atoms with Crippen LogP contribution in [0.5, 0.6) is 5.75 Å². The third kappa shape index (κ3) is 2.06. The average molecular weight is 305 g/mol. The van der Waals surface area contributed by atoms with Crippen LogP contribution in [0.2, 0.25) is 0 Å². The van der Waals surface area contributed by atoms with Crippen molar-refractivity contribution in [2.45, 2.75) is 24.4 Å². The van der Waals surface area contributed by atoms with Gasteiger partial charge in [0.05, 0.1) is 20.8 Å². The molecular formula is C16H19NO5. The van der Waals surface area contributed by atoms with Gasteiger partial charge in [-0.3, -0.25) is 14.9 Å². The van der Waals surface area contributed by atoms with Crippen LogP contribution in [0.15, 0.2) is 24.3 Å². The average Bonchev–Trinajstić information content (AvgIpc) is 2.99. The monoisotopic (exact) mass is 305 g/mol. The van der Waals surface area contributed by atoms with Gasteiger partial charge in [0.15, 0.2) is 0 Å². The highest BCUT2D eigenvalue weighted by Gasteiger charge is 2.62. The van der Waals surface area contributed by atoms with Gasteiger partial charge < -0.3 is 14.2 Å². The Morgan fingerprint density at radius 1 is 1.41 bits per heavy atom. The molecular weight excluding hydrogens is 286 g/mol. The molecule has 2 aliphatic rings. The van der Waals surface area contributed by atoms with Crippen LogP contribution in [-0.2, 0) is 19.1 Å². The van der Waals surface area contributed by atoms with Crippen LogP contribution in [0.4, 0.5) is 0 Å². The fraction of sp³-hybridized carbons (Fsp3) is 0.500. The van der Waals surface area contributed by atoms with E-state index >= 15 is 0 Å². The third-order valence-electron chi connectivity index (χ3n) is 4.74. The number of cyclic esters (lactones) is 1. The maximum Gasteiger partial charge on any atom is 0.326 e. The Hall–Kier alpha value is -2.08. The minimum absolute atomic E-state index is 0.129. The van der Waals surface area contributed by atoms with Crippen LogP contribution >= 0.6 is 0 Å². The third-order valence-corrected chi connectivity index (χ3v) is 4.74. The molecule has 0 aromatic heterocycles. The van der Waals surface area contributed by atoms with Crippen LogP contribution in [-0.4, -0.2) is 44.3 Å². The number of carbonyl (C=O) groups is 2. The maximum atomic E-state index is 12.2. The number of benzene rings is 1. The Balaban J connectivity index is 2.04. The van der Waals surface area contributed by atoms with Crippen LogP contribution in [0.1, 0.15) is 18.4 Å². The molecule has 2 aliphatic heterocycles. The quantitative estimate of drug-likeness (QED) is 0.835. The summed E-state index contributed by atoms with van der Waals surface area (Å²) in [7, 11) is 2.94. The zero-order valence-electron chi connectivity index (χ0n) is 12.8. The standard InChI is InChI=1S/C16H19NO5/c1-16-11(8-22-15(16)19)12(13(17-16)14(18)21-3)9-5-4-6-10(7-9)20-2/h4-7,11-13,17H,8H2,1-3H3/t11-,12-,13-,16+/m0/s1. The SMILES string of the molecule is COC(=O)[C@H]1N[C@@]2(C)C(=O)OC[C@H]2[C@@H]1c1cccc(OC)c1. The summed E-state index contributed by atoms with van der Waals surface area (Å²) < 4.78 is 15.4. The molecule has 0 amide bonds. The summed E-state index contributed by atoms with van der Waals surface area (Å²) in [6.45, 7) is 2.07. The first-order chi connectivity index (χ1) is 10.5. The Morgan fingerprint density at radius 2 is 2.18 bits per heavy atom. The van der Waals surface area contributed by atoms with Crippen LogP contribution in [0.25, 0.3) is 0 Å². The van der Waals surface area contributed by atoms with Gasteiger partial charge in [0.25, 0.3) is 0 Å². The molecule has 2 heterocycles. The zero-order chi connectivity index (χ0) is 15.9. The predicted molar refractivity (Wildman–Crippen MR) is 77.5 cm³/mol. The molecule has 1 aromatic rings. The lowest BCUT2D eigenvalue weighted by atomic mass is 9.78. The summed E-state index contributed by atoms with van der Waals surface area (Å²) >= 11 is 0. The molecule has 2 saturated heterocycles. The van der Waals surface area contributed by atoms with Gasteiger partial charge in [-0.2, -0.15) is 0 Å². The van der Waals surface area contributed by atoms with Gasteiger partial charge >= 0.3 is 11.9 Å². The lowest BCUT2D eigenvalue weighted by Gasteiger charge is -2.22. The molecule has 0 spiro atoms. The molecule has 3 rings (SSSR count). The minimum Gasteiger partial charge on any atom is -0.497 e. The van der Waals surface area contributed by atoms with E-state index in [1.807, 2.05) is 24.3 Å². The second-order valence-corrected chi connectivity index (χ2v) is 5.85. The Labute approximate surface area is 128 Å². The van der Waals surface area contributed by atoms with Crippen molar-refractivity contribution < 1.29 is 23.8 Å². The molecule has 6 heteroatoms. The van der Waals surface area contributed by atoms with E-state index in [0.717, 1.165) is 5.56 Å². The van der Waals surface area contributed by atoms with Gasteiger partial charge in [-0.05, 0) is 24.6 Å². The summed E-state index contributed by atoms with van der Waals surface area (Å²) in [5, 5.41) is 3.13. The first-order valence-corrected chi connectivity index (χ1v) is 7.18. The number of hydrogen-bond acceptors (Lipinski definition) is 6. The number of carbonyl (C=O) groups excluding carboxylic acids is 2. The second-order valence-electron chi connectivity index (χ2n) is 5.85. The second kappa shape index (κ2) is 5.28. The first-order valence-electron chi connectivity index (χ1n) is 7.18. The first kappa shape index (κ1) is 14.8. The van der Waals surface area contributed by atoms with Crippen LogP contribution in [0, 0.1) is 5.92 Å². The minimum atomic E-state index is -0.868. The molecule has 0 unspecified atom stereocenters. The number of methoxy groups -OCH3 is 2. The van der Waals surface area contributed by atoms with E-state index in [1.165, 1.54) is 7.11 Å². The number of rotatable bonds is 3. The molecule has 0 aliphatic carbocycles. The van der Waals surface area contributed by atoms with Crippen molar-refractivity contribution in [3.63, 3.8) is 0 Å². The summed E-state index contributed by atoms with van der Waals surface area (Å²) in [6.07, 6.45) is 0. The molecule has 0 radical (unpaired) electrons. The topological polar surface area (TPSA) is 73.9 Å². The van der Waals surface area contributed by atoms with Crippen molar-refractivity contribution in [1.82, 2.24) is 5.32 Å². The van der Waals surface area contributed by atoms with E-state index in [1.54, 1.807) is 14.0 Å². The highest BCUT2D eigenvalue weighted by molar-refractivity contribution is 5.87. The van der Waals surface area contributed by atoms with Gasteiger partial charge in [0.1, 0.15) is 17.3 Å². The fourth-order valence-electron chi connectivity index (χ4n) is 3.51.